The number of nitrogens with zero attached hydrogens (tertiary/aromatic N) is 1. The normalized spacial score (nSPS) is 12.2. The Hall–Kier alpha value is -1.78. The minimum atomic E-state index is -1.91. The van der Waals surface area contributed by atoms with Crippen molar-refractivity contribution in [1.82, 2.24) is 4.90 Å². The maximum Gasteiger partial charge on any atom is 1.00 e. The molecular weight excluding hydrogens is 433 g/mol. The first-order valence-corrected chi connectivity index (χ1v) is 10.7. The third kappa shape index (κ3) is 14.3. The summed E-state index contributed by atoms with van der Waals surface area (Å²) in [6.07, 6.45) is 7.61. The average molecular weight is 467 g/mol. The van der Waals surface area contributed by atoms with Crippen molar-refractivity contribution >= 4 is 29.8 Å². The van der Waals surface area contributed by atoms with Crippen LogP contribution in [0, 0.1) is 6.42 Å². The van der Waals surface area contributed by atoms with Gasteiger partial charge >= 0.3 is 47.5 Å². The van der Waals surface area contributed by atoms with Crippen LogP contribution in [0.25, 0.3) is 0 Å². The summed E-state index contributed by atoms with van der Waals surface area (Å²) in [7, 11) is 0. The van der Waals surface area contributed by atoms with Crippen molar-refractivity contribution in [2.75, 3.05) is 0 Å². The third-order valence-electron chi connectivity index (χ3n) is 4.91. The second-order valence-electron chi connectivity index (χ2n) is 7.46. The molecule has 178 valence electrons. The summed E-state index contributed by atoms with van der Waals surface area (Å²) in [6, 6.07) is -3.70. The molecule has 11 heteroatoms. The number of amides is 1. The summed E-state index contributed by atoms with van der Waals surface area (Å²) >= 11 is 0. The SMILES string of the molecule is CCCCCCCCCCCC(=O)N(C(CC(=O)O)C(=O)O)[C@@H](C[CH-]C(=O)O)C(=O)O.[Na+]. The number of hydrogen-bond donors (Lipinski definition) is 4. The quantitative estimate of drug-likeness (QED) is 0.114. The monoisotopic (exact) mass is 467 g/mol. The molecule has 10 nitrogen and oxygen atoms in total. The van der Waals surface area contributed by atoms with E-state index in [0.29, 0.717) is 24.2 Å². The molecule has 1 amide bonds. The van der Waals surface area contributed by atoms with Gasteiger partial charge in [-0.15, -0.1) is 6.42 Å². The van der Waals surface area contributed by atoms with Crippen molar-refractivity contribution in [3.05, 3.63) is 6.42 Å². The molecule has 0 aliphatic rings. The summed E-state index contributed by atoms with van der Waals surface area (Å²) in [5, 5.41) is 36.6. The fraction of sp³-hybridized carbons (Fsp3) is 0.714. The van der Waals surface area contributed by atoms with Crippen molar-refractivity contribution in [3.8, 4) is 0 Å². The van der Waals surface area contributed by atoms with E-state index in [9.17, 15) is 34.2 Å². The van der Waals surface area contributed by atoms with Crippen LogP contribution in [0.2, 0.25) is 0 Å². The summed E-state index contributed by atoms with van der Waals surface area (Å²) in [4.78, 5) is 58.3. The molecule has 0 fully saturated rings. The zero-order valence-electron chi connectivity index (χ0n) is 19.0. The number of carbonyl (C=O) groups is 5. The van der Waals surface area contributed by atoms with Gasteiger partial charge < -0.3 is 25.3 Å². The van der Waals surface area contributed by atoms with E-state index in [2.05, 4.69) is 6.92 Å². The van der Waals surface area contributed by atoms with E-state index in [0.717, 1.165) is 25.7 Å². The topological polar surface area (TPSA) is 170 Å². The van der Waals surface area contributed by atoms with Crippen molar-refractivity contribution in [2.24, 2.45) is 0 Å². The first-order valence-electron chi connectivity index (χ1n) is 10.7. The van der Waals surface area contributed by atoms with Gasteiger partial charge in [-0.2, -0.15) is 0 Å². The van der Waals surface area contributed by atoms with E-state index >= 15 is 0 Å². The molecule has 0 aliphatic carbocycles. The average Bonchev–Trinajstić information content (AvgIpc) is 2.67. The first kappa shape index (κ1) is 32.4. The van der Waals surface area contributed by atoms with Crippen molar-refractivity contribution in [1.29, 1.82) is 0 Å². The Morgan fingerprint density at radius 3 is 1.62 bits per heavy atom. The molecule has 0 rings (SSSR count). The van der Waals surface area contributed by atoms with Crippen molar-refractivity contribution in [2.45, 2.75) is 96.1 Å². The summed E-state index contributed by atoms with van der Waals surface area (Å²) in [5.41, 5.74) is 0. The minimum absolute atomic E-state index is 0. The molecule has 0 aromatic heterocycles. The van der Waals surface area contributed by atoms with Crippen LogP contribution in [0.4, 0.5) is 0 Å². The fourth-order valence-electron chi connectivity index (χ4n) is 3.30. The molecule has 0 radical (unpaired) electrons. The molecule has 0 bridgehead atoms. The van der Waals surface area contributed by atoms with Crippen LogP contribution < -0.4 is 29.6 Å². The minimum Gasteiger partial charge on any atom is -0.503 e. The van der Waals surface area contributed by atoms with E-state index in [-0.39, 0.29) is 36.0 Å². The van der Waals surface area contributed by atoms with Crippen LogP contribution in [-0.4, -0.2) is 67.2 Å². The van der Waals surface area contributed by atoms with Gasteiger partial charge in [0.25, 0.3) is 0 Å². The Labute approximate surface area is 210 Å². The Bertz CT molecular complexity index is 612. The van der Waals surface area contributed by atoms with Gasteiger partial charge in [-0.1, -0.05) is 58.3 Å². The number of unbranched alkanes of at least 4 members (excludes halogenated alkanes) is 8. The second-order valence-corrected chi connectivity index (χ2v) is 7.46. The molecule has 0 heterocycles. The van der Waals surface area contributed by atoms with Gasteiger partial charge in [0.1, 0.15) is 12.1 Å². The van der Waals surface area contributed by atoms with Crippen molar-refractivity contribution in [3.63, 3.8) is 0 Å². The second kappa shape index (κ2) is 18.8. The van der Waals surface area contributed by atoms with Gasteiger partial charge in [0, 0.05) is 6.42 Å². The van der Waals surface area contributed by atoms with E-state index in [1.54, 1.807) is 0 Å². The van der Waals surface area contributed by atoms with Crippen LogP contribution >= 0.6 is 0 Å². The standard InChI is InChI=1S/C21H34NO9.Na/c1-2-3-4-5-6-7-8-9-10-11-17(23)22(16(21(30)31)14-19(26)27)15(20(28)29)12-13-18(24)25;/h13,15-16H,2-12,14H2,1H3,(H,24,25)(H,26,27)(H,28,29)(H,30,31);/q-1;+1/t15-,16?;/m0./s1. The van der Waals surface area contributed by atoms with Crippen LogP contribution in [0.5, 0.6) is 0 Å². The molecule has 0 spiro atoms. The van der Waals surface area contributed by atoms with Gasteiger partial charge in [0.2, 0.25) is 5.91 Å². The third-order valence-corrected chi connectivity index (χ3v) is 4.91. The molecule has 4 N–H and O–H groups in total. The van der Waals surface area contributed by atoms with Gasteiger partial charge in [-0.05, 0) is 6.42 Å². The Kier molecular flexibility index (Phi) is 19.0. The molecule has 0 saturated heterocycles. The zero-order valence-corrected chi connectivity index (χ0v) is 21.0. The predicted octanol–water partition coefficient (Wildman–Crippen LogP) is -0.200. The Morgan fingerprint density at radius 2 is 1.22 bits per heavy atom. The molecule has 0 aromatic rings. The van der Waals surface area contributed by atoms with Gasteiger partial charge in [0.05, 0.1) is 6.42 Å². The molecular formula is C21H34NNaO9. The molecule has 0 saturated carbocycles. The van der Waals surface area contributed by atoms with Crippen LogP contribution in [0.3, 0.4) is 0 Å². The largest absolute Gasteiger partial charge is 1.00 e. The zero-order chi connectivity index (χ0) is 23.8. The van der Waals surface area contributed by atoms with Crippen LogP contribution in [0.1, 0.15) is 84.0 Å². The van der Waals surface area contributed by atoms with E-state index in [4.69, 9.17) is 10.2 Å². The molecule has 0 aromatic carbocycles. The van der Waals surface area contributed by atoms with E-state index < -0.39 is 54.7 Å². The number of rotatable bonds is 19. The van der Waals surface area contributed by atoms with Crippen LogP contribution in [-0.2, 0) is 24.0 Å². The molecule has 0 aliphatic heterocycles. The summed E-state index contributed by atoms with van der Waals surface area (Å²) in [5.74, 6) is -7.02. The smallest absolute Gasteiger partial charge is 0.503 e. The summed E-state index contributed by atoms with van der Waals surface area (Å²) < 4.78 is 0. The summed E-state index contributed by atoms with van der Waals surface area (Å²) in [6.45, 7) is 2.14. The van der Waals surface area contributed by atoms with E-state index in [1.165, 1.54) is 19.3 Å². The Morgan fingerprint density at radius 1 is 0.750 bits per heavy atom. The van der Waals surface area contributed by atoms with Crippen LogP contribution in [0.15, 0.2) is 0 Å². The number of carboxylic acid groups (broad SMARTS) is 4. The predicted molar refractivity (Wildman–Crippen MR) is 110 cm³/mol. The van der Waals surface area contributed by atoms with Gasteiger partial charge in [-0.3, -0.25) is 25.6 Å². The van der Waals surface area contributed by atoms with Gasteiger partial charge in [-0.25, -0.2) is 4.79 Å². The van der Waals surface area contributed by atoms with Crippen molar-refractivity contribution < 1.29 is 74.0 Å². The first-order chi connectivity index (χ1) is 14.6. The maximum atomic E-state index is 12.7. The Balaban J connectivity index is 0. The molecule has 1 unspecified atom stereocenters. The fourth-order valence-corrected chi connectivity index (χ4v) is 3.30. The maximum absolute atomic E-state index is 12.7. The number of carbonyl (C=O) groups excluding carboxylic acids is 1. The van der Waals surface area contributed by atoms with E-state index in [1.807, 2.05) is 0 Å². The number of hydrogen-bond acceptors (Lipinski definition) is 5. The number of aliphatic carboxylic acids is 4. The molecule has 32 heavy (non-hydrogen) atoms. The molecule has 2 atom stereocenters. The number of carboxylic acids is 4. The van der Waals surface area contributed by atoms with Gasteiger partial charge in [0.15, 0.2) is 5.97 Å².